The Balaban J connectivity index is 2.59. The van der Waals surface area contributed by atoms with E-state index < -0.39 is 0 Å². The Bertz CT molecular complexity index is 301. The van der Waals surface area contributed by atoms with Gasteiger partial charge in [-0.05, 0) is 35.1 Å². The first-order chi connectivity index (χ1) is 6.59. The maximum absolute atomic E-state index is 10.6. The van der Waals surface area contributed by atoms with Crippen molar-refractivity contribution in [3.05, 3.63) is 35.4 Å². The number of rotatable bonds is 4. The van der Waals surface area contributed by atoms with Crippen LogP contribution in [0.1, 0.15) is 37.3 Å². The zero-order chi connectivity index (χ0) is 10.6. The van der Waals surface area contributed by atoms with Crippen LogP contribution in [-0.4, -0.2) is 5.24 Å². The van der Waals surface area contributed by atoms with Gasteiger partial charge in [0.2, 0.25) is 5.24 Å². The quantitative estimate of drug-likeness (QED) is 0.696. The largest absolute Gasteiger partial charge is 0.281 e. The average Bonchev–Trinajstić information content (AvgIpc) is 2.15. The van der Waals surface area contributed by atoms with Crippen molar-refractivity contribution in [1.29, 1.82) is 0 Å². The van der Waals surface area contributed by atoms with Gasteiger partial charge in [-0.1, -0.05) is 38.1 Å². The molecule has 76 valence electrons. The first-order valence-electron chi connectivity index (χ1n) is 4.86. The van der Waals surface area contributed by atoms with Crippen molar-refractivity contribution >= 4 is 16.8 Å². The van der Waals surface area contributed by atoms with E-state index in [0.717, 1.165) is 6.42 Å². The van der Waals surface area contributed by atoms with Crippen molar-refractivity contribution in [3.63, 3.8) is 0 Å². The highest BCUT2D eigenvalue weighted by Crippen LogP contribution is 2.15. The normalized spacial score (nSPS) is 10.6. The van der Waals surface area contributed by atoms with E-state index in [4.69, 9.17) is 11.6 Å². The van der Waals surface area contributed by atoms with Gasteiger partial charge in [-0.25, -0.2) is 0 Å². The second-order valence-corrected chi connectivity index (χ2v) is 4.17. The van der Waals surface area contributed by atoms with Crippen LogP contribution in [0.5, 0.6) is 0 Å². The molecule has 0 atom stereocenters. The van der Waals surface area contributed by atoms with Gasteiger partial charge in [-0.15, -0.1) is 0 Å². The molecule has 0 aliphatic rings. The molecule has 0 saturated heterocycles. The minimum Gasteiger partial charge on any atom is -0.281 e. The van der Waals surface area contributed by atoms with E-state index in [1.165, 1.54) is 11.1 Å². The summed E-state index contributed by atoms with van der Waals surface area (Å²) in [4.78, 5) is 10.6. The fourth-order valence-electron chi connectivity index (χ4n) is 1.31. The van der Waals surface area contributed by atoms with Gasteiger partial charge in [0.05, 0.1) is 0 Å². The van der Waals surface area contributed by atoms with E-state index in [1.54, 1.807) is 0 Å². The zero-order valence-electron chi connectivity index (χ0n) is 8.59. The van der Waals surface area contributed by atoms with Gasteiger partial charge in [0.15, 0.2) is 0 Å². The topological polar surface area (TPSA) is 17.1 Å². The molecule has 0 N–H and O–H groups in total. The number of carbonyl (C=O) groups is 1. The minimum absolute atomic E-state index is 0.266. The summed E-state index contributed by atoms with van der Waals surface area (Å²) in [5.74, 6) is 0.554. The second kappa shape index (κ2) is 5.16. The number of carbonyl (C=O) groups excluding carboxylic acids is 1. The number of benzene rings is 1. The molecule has 0 aromatic heterocycles. The molecule has 0 heterocycles. The Labute approximate surface area is 90.1 Å². The summed E-state index contributed by atoms with van der Waals surface area (Å²) in [6.45, 7) is 4.33. The van der Waals surface area contributed by atoms with Crippen LogP contribution in [0.25, 0.3) is 0 Å². The van der Waals surface area contributed by atoms with Crippen LogP contribution in [0, 0.1) is 0 Å². The molecular weight excluding hydrogens is 196 g/mol. The lowest BCUT2D eigenvalue weighted by Gasteiger charge is -2.05. The highest BCUT2D eigenvalue weighted by molar-refractivity contribution is 6.63. The van der Waals surface area contributed by atoms with Crippen molar-refractivity contribution in [2.75, 3.05) is 0 Å². The predicted molar refractivity (Wildman–Crippen MR) is 59.7 cm³/mol. The molecule has 2 heteroatoms. The Kier molecular flexibility index (Phi) is 4.15. The summed E-state index contributed by atoms with van der Waals surface area (Å²) >= 11 is 5.27. The third-order valence-corrected chi connectivity index (χ3v) is 2.45. The second-order valence-electron chi connectivity index (χ2n) is 3.75. The molecule has 1 rings (SSSR count). The Hall–Kier alpha value is -0.820. The van der Waals surface area contributed by atoms with Crippen molar-refractivity contribution in [1.82, 2.24) is 0 Å². The molecule has 1 aromatic rings. The standard InChI is InChI=1S/C12H15ClO/c1-9(2)11-6-3-10(4-7-11)5-8-12(13)14/h3-4,6-7,9H,5,8H2,1-2H3. The van der Waals surface area contributed by atoms with E-state index >= 15 is 0 Å². The van der Waals surface area contributed by atoms with Crippen LogP contribution in [0.15, 0.2) is 24.3 Å². The monoisotopic (exact) mass is 210 g/mol. The lowest BCUT2D eigenvalue weighted by Crippen LogP contribution is -1.93. The Morgan fingerprint density at radius 1 is 1.29 bits per heavy atom. The molecule has 14 heavy (non-hydrogen) atoms. The first-order valence-corrected chi connectivity index (χ1v) is 5.24. The number of aryl methyl sites for hydroxylation is 1. The SMILES string of the molecule is CC(C)c1ccc(CCC(=O)Cl)cc1. The van der Waals surface area contributed by atoms with Crippen LogP contribution in [0.3, 0.4) is 0 Å². The van der Waals surface area contributed by atoms with E-state index in [1.807, 2.05) is 0 Å². The summed E-state index contributed by atoms with van der Waals surface area (Å²) < 4.78 is 0. The molecule has 0 spiro atoms. The molecule has 0 bridgehead atoms. The van der Waals surface area contributed by atoms with Gasteiger partial charge in [0.25, 0.3) is 0 Å². The van der Waals surface area contributed by atoms with Crippen molar-refractivity contribution in [2.45, 2.75) is 32.6 Å². The summed E-state index contributed by atoms with van der Waals surface area (Å²) in [7, 11) is 0. The van der Waals surface area contributed by atoms with Gasteiger partial charge in [-0.2, -0.15) is 0 Å². The molecular formula is C12H15ClO. The molecule has 1 nitrogen and oxygen atoms in total. The van der Waals surface area contributed by atoms with E-state index in [2.05, 4.69) is 38.1 Å². The molecule has 0 amide bonds. The Morgan fingerprint density at radius 2 is 1.86 bits per heavy atom. The number of halogens is 1. The average molecular weight is 211 g/mol. The van der Waals surface area contributed by atoms with Crippen molar-refractivity contribution < 1.29 is 4.79 Å². The lowest BCUT2D eigenvalue weighted by molar-refractivity contribution is -0.111. The summed E-state index contributed by atoms with van der Waals surface area (Å²) in [5.41, 5.74) is 2.49. The molecule has 0 unspecified atom stereocenters. The van der Waals surface area contributed by atoms with Gasteiger partial charge in [0.1, 0.15) is 0 Å². The fraction of sp³-hybridized carbons (Fsp3) is 0.417. The van der Waals surface area contributed by atoms with Crippen LogP contribution in [0.2, 0.25) is 0 Å². The zero-order valence-corrected chi connectivity index (χ0v) is 9.34. The predicted octanol–water partition coefficient (Wildman–Crippen LogP) is 3.51. The summed E-state index contributed by atoms with van der Waals surface area (Å²) in [5, 5.41) is -0.266. The highest BCUT2D eigenvalue weighted by atomic mass is 35.5. The van der Waals surface area contributed by atoms with Gasteiger partial charge in [0, 0.05) is 6.42 Å². The summed E-state index contributed by atoms with van der Waals surface area (Å²) in [6.07, 6.45) is 1.16. The van der Waals surface area contributed by atoms with Gasteiger partial charge < -0.3 is 0 Å². The lowest BCUT2D eigenvalue weighted by atomic mass is 10.0. The van der Waals surface area contributed by atoms with Crippen LogP contribution in [0.4, 0.5) is 0 Å². The van der Waals surface area contributed by atoms with Crippen LogP contribution >= 0.6 is 11.6 Å². The van der Waals surface area contributed by atoms with Gasteiger partial charge in [-0.3, -0.25) is 4.79 Å². The third kappa shape index (κ3) is 3.51. The van der Waals surface area contributed by atoms with Crippen LogP contribution in [-0.2, 0) is 11.2 Å². The number of hydrogen-bond donors (Lipinski definition) is 0. The molecule has 0 fully saturated rings. The molecule has 0 saturated carbocycles. The van der Waals surface area contributed by atoms with Crippen molar-refractivity contribution in [3.8, 4) is 0 Å². The maximum atomic E-state index is 10.6. The van der Waals surface area contributed by atoms with Gasteiger partial charge >= 0.3 is 0 Å². The minimum atomic E-state index is -0.266. The summed E-state index contributed by atoms with van der Waals surface area (Å²) in [6, 6.07) is 8.35. The van der Waals surface area contributed by atoms with E-state index in [9.17, 15) is 4.79 Å². The number of hydrogen-bond acceptors (Lipinski definition) is 1. The fourth-order valence-corrected chi connectivity index (χ4v) is 1.41. The highest BCUT2D eigenvalue weighted by Gasteiger charge is 2.00. The molecule has 1 aromatic carbocycles. The molecule has 0 aliphatic carbocycles. The Morgan fingerprint density at radius 3 is 2.29 bits per heavy atom. The maximum Gasteiger partial charge on any atom is 0.221 e. The van der Waals surface area contributed by atoms with E-state index in [0.29, 0.717) is 12.3 Å². The van der Waals surface area contributed by atoms with Crippen LogP contribution < -0.4 is 0 Å². The molecule has 0 radical (unpaired) electrons. The van der Waals surface area contributed by atoms with Crippen molar-refractivity contribution in [2.24, 2.45) is 0 Å². The first kappa shape index (κ1) is 11.3. The molecule has 0 aliphatic heterocycles. The third-order valence-electron chi connectivity index (χ3n) is 2.26. The van der Waals surface area contributed by atoms with E-state index in [-0.39, 0.29) is 5.24 Å². The smallest absolute Gasteiger partial charge is 0.221 e.